The molecule has 1 atom stereocenters. The Bertz CT molecular complexity index is 659. The molecule has 2 N–H and O–H groups in total. The van der Waals surface area contributed by atoms with Gasteiger partial charge in [0.05, 0.1) is 22.6 Å². The van der Waals surface area contributed by atoms with E-state index in [4.69, 9.17) is 5.11 Å². The zero-order valence-electron chi connectivity index (χ0n) is 14.7. The number of aromatic nitrogens is 2. The third-order valence-corrected chi connectivity index (χ3v) is 4.30. The van der Waals surface area contributed by atoms with Crippen LogP contribution < -0.4 is 5.32 Å². The summed E-state index contributed by atoms with van der Waals surface area (Å²) < 4.78 is 1.81. The van der Waals surface area contributed by atoms with Gasteiger partial charge in [-0.3, -0.25) is 4.79 Å². The van der Waals surface area contributed by atoms with E-state index in [2.05, 4.69) is 17.3 Å². The van der Waals surface area contributed by atoms with Crippen LogP contribution in [-0.4, -0.2) is 33.9 Å². The van der Waals surface area contributed by atoms with Crippen LogP contribution in [-0.2, 0) is 0 Å². The Hall–Kier alpha value is -2.14. The number of para-hydroxylation sites is 1. The van der Waals surface area contributed by atoms with E-state index in [1.54, 1.807) is 0 Å². The van der Waals surface area contributed by atoms with E-state index in [-0.39, 0.29) is 12.5 Å². The third kappa shape index (κ3) is 4.23. The molecular weight excluding hydrogens is 302 g/mol. The summed E-state index contributed by atoms with van der Waals surface area (Å²) in [6.07, 6.45) is 2.77. The quantitative estimate of drug-likeness (QED) is 0.782. The lowest BCUT2D eigenvalue weighted by atomic mass is 10.00. The minimum absolute atomic E-state index is 0.0915. The summed E-state index contributed by atoms with van der Waals surface area (Å²) >= 11 is 0. The van der Waals surface area contributed by atoms with Crippen LogP contribution in [0.2, 0.25) is 0 Å². The Morgan fingerprint density at radius 2 is 1.96 bits per heavy atom. The summed E-state index contributed by atoms with van der Waals surface area (Å²) in [5, 5.41) is 16.7. The van der Waals surface area contributed by atoms with Crippen LogP contribution >= 0.6 is 0 Å². The van der Waals surface area contributed by atoms with Crippen molar-refractivity contribution < 1.29 is 9.90 Å². The summed E-state index contributed by atoms with van der Waals surface area (Å²) in [5.41, 5.74) is 3.15. The van der Waals surface area contributed by atoms with Gasteiger partial charge < -0.3 is 10.4 Å². The Labute approximate surface area is 143 Å². The van der Waals surface area contributed by atoms with Crippen molar-refractivity contribution in [1.82, 2.24) is 15.1 Å². The van der Waals surface area contributed by atoms with Crippen molar-refractivity contribution in [3.8, 4) is 5.69 Å². The minimum Gasteiger partial charge on any atom is -0.396 e. The number of hydrogen-bond acceptors (Lipinski definition) is 3. The molecule has 130 valence electrons. The van der Waals surface area contributed by atoms with Crippen LogP contribution in [0.15, 0.2) is 30.3 Å². The highest BCUT2D eigenvalue weighted by Crippen LogP contribution is 2.18. The lowest BCUT2D eigenvalue weighted by molar-refractivity contribution is 0.0941. The number of hydrogen-bond donors (Lipinski definition) is 2. The summed E-state index contributed by atoms with van der Waals surface area (Å²) in [7, 11) is 0. The molecular formula is C19H27N3O2. The van der Waals surface area contributed by atoms with Gasteiger partial charge in [0.1, 0.15) is 0 Å². The second-order valence-electron chi connectivity index (χ2n) is 6.17. The first kappa shape index (κ1) is 18.2. The third-order valence-electron chi connectivity index (χ3n) is 4.30. The largest absolute Gasteiger partial charge is 0.396 e. The van der Waals surface area contributed by atoms with Gasteiger partial charge in [0, 0.05) is 13.2 Å². The second kappa shape index (κ2) is 8.64. The van der Waals surface area contributed by atoms with Crippen LogP contribution in [0.1, 0.15) is 47.9 Å². The molecule has 2 rings (SSSR count). The molecule has 1 aromatic carbocycles. The first-order chi connectivity index (χ1) is 11.6. The fourth-order valence-corrected chi connectivity index (χ4v) is 3.06. The van der Waals surface area contributed by atoms with Gasteiger partial charge in [-0.25, -0.2) is 4.68 Å². The first-order valence-corrected chi connectivity index (χ1v) is 8.59. The van der Waals surface area contributed by atoms with E-state index < -0.39 is 0 Å². The molecule has 5 heteroatoms. The van der Waals surface area contributed by atoms with Crippen LogP contribution in [0.3, 0.4) is 0 Å². The van der Waals surface area contributed by atoms with Gasteiger partial charge in [-0.15, -0.1) is 0 Å². The fraction of sp³-hybridized carbons (Fsp3) is 0.474. The topological polar surface area (TPSA) is 67.2 Å². The average Bonchev–Trinajstić information content (AvgIpc) is 2.88. The summed E-state index contributed by atoms with van der Waals surface area (Å²) in [6.45, 7) is 6.63. The van der Waals surface area contributed by atoms with Gasteiger partial charge in [-0.2, -0.15) is 5.10 Å². The van der Waals surface area contributed by atoms with Crippen molar-refractivity contribution >= 4 is 5.91 Å². The number of amides is 1. The molecule has 5 nitrogen and oxygen atoms in total. The predicted octanol–water partition coefficient (Wildman–Crippen LogP) is 3.02. The maximum atomic E-state index is 12.6. The maximum Gasteiger partial charge on any atom is 0.255 e. The smallest absolute Gasteiger partial charge is 0.255 e. The maximum absolute atomic E-state index is 12.6. The summed E-state index contributed by atoms with van der Waals surface area (Å²) in [5.74, 6) is 0.222. The molecule has 0 spiro atoms. The summed E-state index contributed by atoms with van der Waals surface area (Å²) in [4.78, 5) is 12.6. The van der Waals surface area contributed by atoms with Gasteiger partial charge in [-0.1, -0.05) is 31.5 Å². The molecule has 24 heavy (non-hydrogen) atoms. The van der Waals surface area contributed by atoms with Gasteiger partial charge >= 0.3 is 0 Å². The molecule has 2 aromatic rings. The fourth-order valence-electron chi connectivity index (χ4n) is 3.06. The monoisotopic (exact) mass is 329 g/mol. The van der Waals surface area contributed by atoms with Crippen molar-refractivity contribution in [3.05, 3.63) is 47.3 Å². The molecule has 0 fully saturated rings. The van der Waals surface area contributed by atoms with Gasteiger partial charge in [0.2, 0.25) is 0 Å². The van der Waals surface area contributed by atoms with Crippen LogP contribution in [0.5, 0.6) is 0 Å². The van der Waals surface area contributed by atoms with Crippen molar-refractivity contribution in [3.63, 3.8) is 0 Å². The Balaban J connectivity index is 2.14. The number of nitrogens with one attached hydrogen (secondary N) is 1. The van der Waals surface area contributed by atoms with Crippen LogP contribution in [0.25, 0.3) is 5.69 Å². The summed E-state index contributed by atoms with van der Waals surface area (Å²) in [6, 6.07) is 9.81. The molecule has 1 aromatic heterocycles. The Morgan fingerprint density at radius 3 is 2.58 bits per heavy atom. The van der Waals surface area contributed by atoms with Gasteiger partial charge in [0.25, 0.3) is 5.91 Å². The number of benzene rings is 1. The Morgan fingerprint density at radius 1 is 1.25 bits per heavy atom. The molecule has 0 radical (unpaired) electrons. The molecule has 0 aliphatic rings. The first-order valence-electron chi connectivity index (χ1n) is 8.59. The van der Waals surface area contributed by atoms with Crippen molar-refractivity contribution in [2.75, 3.05) is 13.2 Å². The normalized spacial score (nSPS) is 12.2. The molecule has 0 saturated heterocycles. The predicted molar refractivity (Wildman–Crippen MR) is 95.5 cm³/mol. The van der Waals surface area contributed by atoms with Crippen molar-refractivity contribution in [1.29, 1.82) is 0 Å². The zero-order valence-corrected chi connectivity index (χ0v) is 14.7. The number of carbonyl (C=O) groups excluding carboxylic acids is 1. The van der Waals surface area contributed by atoms with Crippen molar-refractivity contribution in [2.45, 2.75) is 40.0 Å². The minimum atomic E-state index is -0.0915. The van der Waals surface area contributed by atoms with Crippen LogP contribution in [0.4, 0.5) is 0 Å². The molecule has 1 amide bonds. The van der Waals surface area contributed by atoms with Crippen molar-refractivity contribution in [2.24, 2.45) is 5.92 Å². The Kier molecular flexibility index (Phi) is 6.55. The molecule has 0 bridgehead atoms. The lowest BCUT2D eigenvalue weighted by Crippen LogP contribution is -2.30. The lowest BCUT2D eigenvalue weighted by Gasteiger charge is -2.15. The van der Waals surface area contributed by atoms with E-state index in [1.165, 1.54) is 0 Å². The van der Waals surface area contributed by atoms with E-state index in [0.29, 0.717) is 18.0 Å². The highest BCUT2D eigenvalue weighted by molar-refractivity contribution is 5.96. The number of aryl methyl sites for hydroxylation is 1. The number of aliphatic hydroxyl groups is 1. The molecule has 0 saturated carbocycles. The van der Waals surface area contributed by atoms with E-state index in [1.807, 2.05) is 48.9 Å². The van der Waals surface area contributed by atoms with Gasteiger partial charge in [0.15, 0.2) is 0 Å². The average molecular weight is 329 g/mol. The van der Waals surface area contributed by atoms with E-state index >= 15 is 0 Å². The van der Waals surface area contributed by atoms with Crippen LogP contribution in [0, 0.1) is 19.8 Å². The number of nitrogens with zero attached hydrogens (tertiary/aromatic N) is 2. The molecule has 1 heterocycles. The molecule has 1 unspecified atom stereocenters. The van der Waals surface area contributed by atoms with E-state index in [9.17, 15) is 4.79 Å². The highest BCUT2D eigenvalue weighted by atomic mass is 16.3. The SMILES string of the molecule is CCCC(CCO)CNC(=O)c1c(C)nn(-c2ccccc2)c1C. The highest BCUT2D eigenvalue weighted by Gasteiger charge is 2.20. The zero-order chi connectivity index (χ0) is 17.5. The second-order valence-corrected chi connectivity index (χ2v) is 6.17. The number of rotatable bonds is 8. The number of aliphatic hydroxyl groups excluding tert-OH is 1. The number of carbonyl (C=O) groups is 1. The standard InChI is InChI=1S/C19H27N3O2/c1-4-8-16(11-12-23)13-20-19(24)18-14(2)21-22(15(18)3)17-9-6-5-7-10-17/h5-7,9-10,16,23H,4,8,11-13H2,1-3H3,(H,20,24). The van der Waals surface area contributed by atoms with E-state index in [0.717, 1.165) is 36.3 Å². The molecule has 0 aliphatic heterocycles. The molecule has 0 aliphatic carbocycles. The van der Waals surface area contributed by atoms with Gasteiger partial charge in [-0.05, 0) is 44.7 Å².